The molecule has 3 heterocycles. The van der Waals surface area contributed by atoms with E-state index in [9.17, 15) is 24.6 Å². The first-order valence-electron chi connectivity index (χ1n) is 6.40. The van der Waals surface area contributed by atoms with Crippen LogP contribution in [0.2, 0.25) is 0 Å². The third-order valence-electron chi connectivity index (χ3n) is 3.12. The second-order valence-electron chi connectivity index (χ2n) is 4.59. The van der Waals surface area contributed by atoms with E-state index in [0.29, 0.717) is 0 Å². The largest absolute Gasteiger partial charge is 0.502 e. The van der Waals surface area contributed by atoms with E-state index in [1.807, 2.05) is 0 Å². The van der Waals surface area contributed by atoms with E-state index in [-0.39, 0.29) is 23.6 Å². The predicted octanol–water partition coefficient (Wildman–Crippen LogP) is 0.565. The summed E-state index contributed by atoms with van der Waals surface area (Å²) in [6.45, 7) is -0.122. The lowest BCUT2D eigenvalue weighted by molar-refractivity contribution is -0.135. The molecule has 0 atom stereocenters. The van der Waals surface area contributed by atoms with Gasteiger partial charge < -0.3 is 19.4 Å². The summed E-state index contributed by atoms with van der Waals surface area (Å²) in [5.74, 6) is -2.69. The van der Waals surface area contributed by atoms with Gasteiger partial charge in [0.25, 0.3) is 5.56 Å². The highest BCUT2D eigenvalue weighted by atomic mass is 16.6. The maximum absolute atomic E-state index is 11.8. The molecule has 0 spiro atoms. The molecular weight excluding hydrogens is 308 g/mol. The molecule has 0 fully saturated rings. The van der Waals surface area contributed by atoms with Crippen molar-refractivity contribution in [3.63, 3.8) is 0 Å². The van der Waals surface area contributed by atoms with Crippen LogP contribution in [0.15, 0.2) is 62.0 Å². The van der Waals surface area contributed by atoms with Crippen LogP contribution in [0.1, 0.15) is 0 Å². The Morgan fingerprint density at radius 3 is 2.61 bits per heavy atom. The number of hydrogen-bond acceptors (Lipinski definition) is 7. The first-order chi connectivity index (χ1) is 11.0. The predicted molar refractivity (Wildman–Crippen MR) is 75.5 cm³/mol. The van der Waals surface area contributed by atoms with Crippen LogP contribution in [0.3, 0.4) is 0 Å². The van der Waals surface area contributed by atoms with Crippen LogP contribution in [0.25, 0.3) is 11.3 Å². The van der Waals surface area contributed by atoms with Crippen LogP contribution in [-0.2, 0) is 16.1 Å². The van der Waals surface area contributed by atoms with E-state index in [0.717, 1.165) is 4.57 Å². The number of hydrogen-bond donors (Lipinski definition) is 3. The van der Waals surface area contributed by atoms with E-state index < -0.39 is 28.7 Å². The fraction of sp³-hybridized carbons (Fsp3) is 0.0714. The molecule has 0 aromatic carbocycles. The maximum Gasteiger partial charge on any atom is 0.383 e. The number of nitrogens with zero attached hydrogens (tertiary/aromatic N) is 1. The topological polar surface area (TPSA) is 135 Å². The minimum Gasteiger partial charge on any atom is -0.502 e. The molecule has 3 N–H and O–H groups in total. The number of esters is 1. The van der Waals surface area contributed by atoms with Gasteiger partial charge in [-0.3, -0.25) is 14.3 Å². The average Bonchev–Trinajstić information content (AvgIpc) is 3.12. The Morgan fingerprint density at radius 2 is 2.00 bits per heavy atom. The number of aromatic nitrogens is 2. The van der Waals surface area contributed by atoms with Crippen molar-refractivity contribution in [2.45, 2.75) is 6.54 Å². The summed E-state index contributed by atoms with van der Waals surface area (Å²) >= 11 is 0. The van der Waals surface area contributed by atoms with E-state index >= 15 is 0 Å². The number of aliphatic hydroxyl groups is 2. The van der Waals surface area contributed by atoms with Gasteiger partial charge in [0.2, 0.25) is 11.5 Å². The van der Waals surface area contributed by atoms with E-state index in [1.54, 1.807) is 12.1 Å². The Morgan fingerprint density at radius 1 is 1.22 bits per heavy atom. The highest BCUT2D eigenvalue weighted by Gasteiger charge is 2.29. The first kappa shape index (κ1) is 14.4. The fourth-order valence-corrected chi connectivity index (χ4v) is 1.98. The SMILES string of the molecule is O=C1O/C(=C\Cn2cc(-c3ccco3)c(=O)[nH]c2=O)C(O)=C1O. The number of cyclic esters (lactones) is 1. The summed E-state index contributed by atoms with van der Waals surface area (Å²) in [5.41, 5.74) is -1.17. The molecule has 9 nitrogen and oxygen atoms in total. The number of carbonyl (C=O) groups excluding carboxylic acids is 1. The van der Waals surface area contributed by atoms with E-state index in [4.69, 9.17) is 4.42 Å². The van der Waals surface area contributed by atoms with Gasteiger partial charge in [-0.2, -0.15) is 0 Å². The molecule has 0 unspecified atom stereocenters. The summed E-state index contributed by atoms with van der Waals surface area (Å²) in [5, 5.41) is 18.7. The number of H-pyrrole nitrogens is 1. The monoisotopic (exact) mass is 318 g/mol. The van der Waals surface area contributed by atoms with Gasteiger partial charge in [-0.25, -0.2) is 9.59 Å². The van der Waals surface area contributed by atoms with Gasteiger partial charge in [0.05, 0.1) is 11.8 Å². The van der Waals surface area contributed by atoms with Crippen molar-refractivity contribution in [1.82, 2.24) is 9.55 Å². The van der Waals surface area contributed by atoms with Crippen molar-refractivity contribution in [2.24, 2.45) is 0 Å². The third kappa shape index (κ3) is 2.55. The van der Waals surface area contributed by atoms with Crippen molar-refractivity contribution in [3.8, 4) is 11.3 Å². The van der Waals surface area contributed by atoms with Gasteiger partial charge in [-0.15, -0.1) is 0 Å². The fourth-order valence-electron chi connectivity index (χ4n) is 1.98. The number of allylic oxidation sites excluding steroid dienone is 1. The molecule has 3 rings (SSSR count). The number of aliphatic hydroxyl groups excluding tert-OH is 2. The summed E-state index contributed by atoms with van der Waals surface area (Å²) in [6, 6.07) is 3.15. The Hall–Kier alpha value is -3.49. The minimum atomic E-state index is -1.08. The van der Waals surface area contributed by atoms with Crippen LogP contribution < -0.4 is 11.2 Å². The zero-order valence-corrected chi connectivity index (χ0v) is 11.5. The summed E-state index contributed by atoms with van der Waals surface area (Å²) in [6.07, 6.45) is 3.87. The Bertz CT molecular complexity index is 944. The van der Waals surface area contributed by atoms with Crippen LogP contribution >= 0.6 is 0 Å². The van der Waals surface area contributed by atoms with E-state index in [2.05, 4.69) is 9.72 Å². The molecule has 0 radical (unpaired) electrons. The number of rotatable bonds is 3. The number of aromatic amines is 1. The van der Waals surface area contributed by atoms with Gasteiger partial charge in [-0.1, -0.05) is 0 Å². The van der Waals surface area contributed by atoms with Crippen molar-refractivity contribution < 1.29 is 24.2 Å². The second-order valence-corrected chi connectivity index (χ2v) is 4.59. The van der Waals surface area contributed by atoms with Crippen LogP contribution in [0.4, 0.5) is 0 Å². The highest BCUT2D eigenvalue weighted by Crippen LogP contribution is 2.22. The Labute approximate surface area is 127 Å². The lowest BCUT2D eigenvalue weighted by Crippen LogP contribution is -2.30. The van der Waals surface area contributed by atoms with Crippen molar-refractivity contribution in [1.29, 1.82) is 0 Å². The van der Waals surface area contributed by atoms with Gasteiger partial charge in [0.15, 0.2) is 5.76 Å². The summed E-state index contributed by atoms with van der Waals surface area (Å²) < 4.78 is 10.8. The van der Waals surface area contributed by atoms with Crippen molar-refractivity contribution in [2.75, 3.05) is 0 Å². The molecule has 2 aromatic heterocycles. The van der Waals surface area contributed by atoms with Gasteiger partial charge in [0, 0.05) is 12.7 Å². The molecular formula is C14H10N2O7. The number of carbonyl (C=O) groups is 1. The van der Waals surface area contributed by atoms with Crippen molar-refractivity contribution in [3.05, 3.63) is 68.8 Å². The molecule has 1 aliphatic heterocycles. The number of furan rings is 1. The Balaban J connectivity index is 1.96. The van der Waals surface area contributed by atoms with Gasteiger partial charge in [0.1, 0.15) is 5.76 Å². The molecule has 23 heavy (non-hydrogen) atoms. The number of nitrogens with one attached hydrogen (secondary N) is 1. The second kappa shape index (κ2) is 5.37. The lowest BCUT2D eigenvalue weighted by Gasteiger charge is -2.04. The molecule has 118 valence electrons. The zero-order valence-electron chi connectivity index (χ0n) is 11.5. The molecule has 9 heteroatoms. The molecule has 0 bridgehead atoms. The number of ether oxygens (including phenoxy) is 1. The summed E-state index contributed by atoms with van der Waals surface area (Å²) in [7, 11) is 0. The van der Waals surface area contributed by atoms with E-state index in [1.165, 1.54) is 18.5 Å². The highest BCUT2D eigenvalue weighted by molar-refractivity contribution is 5.91. The first-order valence-corrected chi connectivity index (χ1v) is 6.40. The minimum absolute atomic E-state index is 0.122. The lowest BCUT2D eigenvalue weighted by atomic mass is 10.2. The standard InChI is InChI=1S/C14H10N2O7/c17-10-9(23-13(20)11(10)18)3-4-16-6-7(8-2-1-5-22-8)12(19)15-14(16)21/h1-3,5-6,17-18H,4H2,(H,15,19,21)/b9-3-. The molecule has 0 amide bonds. The van der Waals surface area contributed by atoms with Crippen molar-refractivity contribution >= 4 is 5.97 Å². The van der Waals surface area contributed by atoms with Gasteiger partial charge in [-0.05, 0) is 18.2 Å². The summed E-state index contributed by atoms with van der Waals surface area (Å²) in [4.78, 5) is 36.8. The molecule has 2 aromatic rings. The zero-order chi connectivity index (χ0) is 16.6. The third-order valence-corrected chi connectivity index (χ3v) is 3.12. The average molecular weight is 318 g/mol. The van der Waals surface area contributed by atoms with Crippen LogP contribution in [-0.4, -0.2) is 25.7 Å². The van der Waals surface area contributed by atoms with Gasteiger partial charge >= 0.3 is 11.7 Å². The molecule has 0 saturated heterocycles. The molecule has 0 aliphatic carbocycles. The molecule has 0 saturated carbocycles. The normalized spacial score (nSPS) is 16.2. The maximum atomic E-state index is 11.8. The Kier molecular flexibility index (Phi) is 3.37. The van der Waals surface area contributed by atoms with Crippen LogP contribution in [0, 0.1) is 0 Å². The molecule has 1 aliphatic rings. The van der Waals surface area contributed by atoms with Crippen LogP contribution in [0.5, 0.6) is 0 Å². The quantitative estimate of drug-likeness (QED) is 0.704. The smallest absolute Gasteiger partial charge is 0.383 e.